The summed E-state index contributed by atoms with van der Waals surface area (Å²) in [6.07, 6.45) is 2.03. The molecule has 0 radical (unpaired) electrons. The second-order valence-electron chi connectivity index (χ2n) is 4.68. The molecule has 0 spiro atoms. The number of nitrogen functional groups attached to an aromatic ring is 1. The summed E-state index contributed by atoms with van der Waals surface area (Å²) in [6, 6.07) is 1.48. The monoisotopic (exact) mass is 308 g/mol. The van der Waals surface area contributed by atoms with Gasteiger partial charge in [0, 0.05) is 19.2 Å². The highest BCUT2D eigenvalue weighted by atomic mass is 19.1. The molecule has 2 aromatic rings. The Morgan fingerprint density at radius 1 is 1.36 bits per heavy atom. The zero-order valence-corrected chi connectivity index (χ0v) is 11.5. The third-order valence-electron chi connectivity index (χ3n) is 3.37. The quantitative estimate of drug-likeness (QED) is 0.657. The van der Waals surface area contributed by atoms with Crippen molar-refractivity contribution in [3.05, 3.63) is 34.4 Å². The molecule has 0 atom stereocenters. The van der Waals surface area contributed by atoms with E-state index in [-0.39, 0.29) is 17.2 Å². The van der Waals surface area contributed by atoms with Crippen molar-refractivity contribution < 1.29 is 14.1 Å². The van der Waals surface area contributed by atoms with E-state index < -0.39 is 10.7 Å². The van der Waals surface area contributed by atoms with Crippen molar-refractivity contribution in [1.82, 2.24) is 14.8 Å². The largest absolute Gasteiger partial charge is 0.381 e. The van der Waals surface area contributed by atoms with Crippen LogP contribution in [0.1, 0.15) is 0 Å². The van der Waals surface area contributed by atoms with Gasteiger partial charge in [0.1, 0.15) is 17.7 Å². The summed E-state index contributed by atoms with van der Waals surface area (Å²) in [6.45, 7) is 2.33. The zero-order valence-electron chi connectivity index (χ0n) is 11.5. The molecule has 1 aliphatic rings. The first kappa shape index (κ1) is 14.2. The molecule has 22 heavy (non-hydrogen) atoms. The number of nitrogens with zero attached hydrogens (tertiary/aromatic N) is 5. The standard InChI is InChI=1S/C12H13FN6O3/c13-8-6-16-18(12(8)14)9-5-11(15-7-10(9)19(20)21)17-1-3-22-4-2-17/h5-7H,1-4,14H2. The number of rotatable bonds is 3. The van der Waals surface area contributed by atoms with Crippen LogP contribution in [0, 0.1) is 15.9 Å². The van der Waals surface area contributed by atoms with E-state index in [4.69, 9.17) is 10.5 Å². The summed E-state index contributed by atoms with van der Waals surface area (Å²) in [4.78, 5) is 16.6. The molecule has 3 rings (SSSR count). The average Bonchev–Trinajstić information content (AvgIpc) is 2.87. The highest BCUT2D eigenvalue weighted by molar-refractivity contribution is 5.60. The molecule has 0 aromatic carbocycles. The van der Waals surface area contributed by atoms with Gasteiger partial charge in [-0.05, 0) is 0 Å². The van der Waals surface area contributed by atoms with Crippen LogP contribution in [0.4, 0.5) is 21.7 Å². The van der Waals surface area contributed by atoms with Gasteiger partial charge in [-0.25, -0.2) is 14.1 Å². The lowest BCUT2D eigenvalue weighted by molar-refractivity contribution is -0.384. The van der Waals surface area contributed by atoms with Gasteiger partial charge in [-0.2, -0.15) is 5.10 Å². The highest BCUT2D eigenvalue weighted by Crippen LogP contribution is 2.28. The van der Waals surface area contributed by atoms with Crippen LogP contribution in [0.3, 0.4) is 0 Å². The number of aromatic nitrogens is 3. The Morgan fingerprint density at radius 3 is 2.68 bits per heavy atom. The number of nitro groups is 1. The summed E-state index contributed by atoms with van der Waals surface area (Å²) >= 11 is 0. The number of pyridine rings is 1. The number of hydrogen-bond acceptors (Lipinski definition) is 7. The normalized spacial score (nSPS) is 15.0. The van der Waals surface area contributed by atoms with Crippen LogP contribution in [-0.2, 0) is 4.74 Å². The molecule has 0 bridgehead atoms. The third kappa shape index (κ3) is 2.44. The van der Waals surface area contributed by atoms with Gasteiger partial charge in [0.2, 0.25) is 0 Å². The lowest BCUT2D eigenvalue weighted by Crippen LogP contribution is -2.36. The van der Waals surface area contributed by atoms with Crippen LogP contribution < -0.4 is 10.6 Å². The van der Waals surface area contributed by atoms with E-state index in [2.05, 4.69) is 10.1 Å². The topological polar surface area (TPSA) is 112 Å². The average molecular weight is 308 g/mol. The van der Waals surface area contributed by atoms with Crippen LogP contribution >= 0.6 is 0 Å². The second kappa shape index (κ2) is 5.56. The number of nitrogens with two attached hydrogens (primary N) is 1. The van der Waals surface area contributed by atoms with Crippen LogP contribution in [0.2, 0.25) is 0 Å². The SMILES string of the molecule is Nc1c(F)cnn1-c1cc(N2CCOCC2)ncc1[N+](=O)[O-]. The van der Waals surface area contributed by atoms with Gasteiger partial charge in [0.25, 0.3) is 0 Å². The minimum atomic E-state index is -0.737. The Bertz CT molecular complexity index is 713. The number of morpholine rings is 1. The molecule has 0 aliphatic carbocycles. The maximum absolute atomic E-state index is 13.4. The van der Waals surface area contributed by atoms with Crippen molar-refractivity contribution in [2.24, 2.45) is 0 Å². The van der Waals surface area contributed by atoms with Gasteiger partial charge in [-0.15, -0.1) is 0 Å². The van der Waals surface area contributed by atoms with Gasteiger partial charge < -0.3 is 15.4 Å². The lowest BCUT2D eigenvalue weighted by atomic mass is 10.3. The van der Waals surface area contributed by atoms with Crippen molar-refractivity contribution in [2.75, 3.05) is 36.9 Å². The molecule has 2 N–H and O–H groups in total. The summed E-state index contributed by atoms with van der Waals surface area (Å²) in [7, 11) is 0. The molecule has 2 aromatic heterocycles. The zero-order chi connectivity index (χ0) is 15.7. The lowest BCUT2D eigenvalue weighted by Gasteiger charge is -2.27. The fraction of sp³-hybridized carbons (Fsp3) is 0.333. The maximum atomic E-state index is 13.4. The van der Waals surface area contributed by atoms with Crippen molar-refractivity contribution in [2.45, 2.75) is 0 Å². The van der Waals surface area contributed by atoms with E-state index in [0.717, 1.165) is 17.1 Å². The van der Waals surface area contributed by atoms with Crippen LogP contribution in [-0.4, -0.2) is 46.0 Å². The summed E-state index contributed by atoms with van der Waals surface area (Å²) in [5, 5.41) is 14.9. The molecule has 1 fully saturated rings. The molecule has 0 saturated carbocycles. The van der Waals surface area contributed by atoms with E-state index >= 15 is 0 Å². The Kier molecular flexibility index (Phi) is 3.59. The molecule has 1 aliphatic heterocycles. The van der Waals surface area contributed by atoms with Crippen molar-refractivity contribution in [1.29, 1.82) is 0 Å². The molecule has 116 valence electrons. The number of hydrogen-bond donors (Lipinski definition) is 1. The predicted molar refractivity (Wildman–Crippen MR) is 75.4 cm³/mol. The molecule has 0 amide bonds. The molecular formula is C12H13FN6O3. The second-order valence-corrected chi connectivity index (χ2v) is 4.68. The first-order chi connectivity index (χ1) is 10.6. The van der Waals surface area contributed by atoms with Crippen molar-refractivity contribution >= 4 is 17.3 Å². The van der Waals surface area contributed by atoms with Crippen LogP contribution in [0.25, 0.3) is 5.69 Å². The fourth-order valence-electron chi connectivity index (χ4n) is 2.23. The molecule has 1 saturated heterocycles. The van der Waals surface area contributed by atoms with Crippen molar-refractivity contribution in [3.8, 4) is 5.69 Å². The van der Waals surface area contributed by atoms with E-state index in [0.29, 0.717) is 32.1 Å². The molecule has 3 heterocycles. The predicted octanol–water partition coefficient (Wildman–Crippen LogP) is 0.733. The number of anilines is 2. The Morgan fingerprint density at radius 2 is 2.09 bits per heavy atom. The van der Waals surface area contributed by atoms with Gasteiger partial charge in [0.15, 0.2) is 11.6 Å². The van der Waals surface area contributed by atoms with Crippen molar-refractivity contribution in [3.63, 3.8) is 0 Å². The number of halogens is 1. The van der Waals surface area contributed by atoms with E-state index in [1.54, 1.807) is 0 Å². The number of ether oxygens (including phenoxy) is 1. The van der Waals surface area contributed by atoms with E-state index in [1.807, 2.05) is 4.90 Å². The van der Waals surface area contributed by atoms with E-state index in [1.165, 1.54) is 6.07 Å². The molecule has 9 nitrogen and oxygen atoms in total. The smallest absolute Gasteiger partial charge is 0.313 e. The fourth-order valence-corrected chi connectivity index (χ4v) is 2.23. The van der Waals surface area contributed by atoms with Gasteiger partial charge in [-0.1, -0.05) is 0 Å². The molecule has 10 heteroatoms. The summed E-state index contributed by atoms with van der Waals surface area (Å²) in [5.41, 5.74) is 5.35. The summed E-state index contributed by atoms with van der Waals surface area (Å²) in [5.74, 6) is -0.500. The molecule has 0 unspecified atom stereocenters. The minimum absolute atomic E-state index is 0.0721. The maximum Gasteiger partial charge on any atom is 0.313 e. The molecular weight excluding hydrogens is 295 g/mol. The first-order valence-corrected chi connectivity index (χ1v) is 6.54. The highest BCUT2D eigenvalue weighted by Gasteiger charge is 2.23. The Labute approximate surface area is 124 Å². The van der Waals surface area contributed by atoms with Crippen LogP contribution in [0.15, 0.2) is 18.5 Å². The van der Waals surface area contributed by atoms with Crippen LogP contribution in [0.5, 0.6) is 0 Å². The van der Waals surface area contributed by atoms with E-state index in [9.17, 15) is 14.5 Å². The first-order valence-electron chi connectivity index (χ1n) is 6.54. The van der Waals surface area contributed by atoms with Gasteiger partial charge in [0.05, 0.1) is 24.3 Å². The van der Waals surface area contributed by atoms with Gasteiger partial charge in [-0.3, -0.25) is 10.1 Å². The third-order valence-corrected chi connectivity index (χ3v) is 3.37. The summed E-state index contributed by atoms with van der Waals surface area (Å²) < 4.78 is 19.6. The minimum Gasteiger partial charge on any atom is -0.381 e. The van der Waals surface area contributed by atoms with Gasteiger partial charge >= 0.3 is 5.69 Å². The Hall–Kier alpha value is -2.75. The Balaban J connectivity index is 2.08.